The molecule has 0 saturated carbocycles. The Morgan fingerprint density at radius 1 is 1.12 bits per heavy atom. The number of carbonyl (C=O) groups is 2. The normalized spacial score (nSPS) is 18.8. The number of amides is 2. The van der Waals surface area contributed by atoms with E-state index in [1.54, 1.807) is 24.1 Å². The molecular formula is C24H29N3O4S. The molecule has 0 spiro atoms. The molecule has 2 aromatic rings. The van der Waals surface area contributed by atoms with Gasteiger partial charge in [-0.2, -0.15) is 0 Å². The van der Waals surface area contributed by atoms with E-state index in [4.69, 9.17) is 0 Å². The topological polar surface area (TPSA) is 78.0 Å². The average molecular weight is 456 g/mol. The number of fused-ring (bicyclic) bond motifs is 1. The number of hydrogen-bond acceptors (Lipinski definition) is 5. The van der Waals surface area contributed by atoms with Gasteiger partial charge in [-0.05, 0) is 55.3 Å². The summed E-state index contributed by atoms with van der Waals surface area (Å²) in [5.41, 5.74) is 3.80. The maximum Gasteiger partial charge on any atom is 0.231 e. The van der Waals surface area contributed by atoms with Gasteiger partial charge in [-0.25, -0.2) is 8.42 Å². The lowest BCUT2D eigenvalue weighted by Crippen LogP contribution is -2.54. The fraction of sp³-hybridized carbons (Fsp3) is 0.417. The molecule has 1 fully saturated rings. The van der Waals surface area contributed by atoms with Crippen molar-refractivity contribution >= 4 is 33.0 Å². The molecule has 2 aliphatic heterocycles. The molecule has 2 aliphatic rings. The van der Waals surface area contributed by atoms with E-state index in [1.807, 2.05) is 6.07 Å². The SMILES string of the molecule is Cc1cccc(N2CCN(C(=O)CCS(=O)(=O)c3ccc4c(c3)CC(=O)N4C)C[C@H]2C)c1. The number of nitrogens with zero attached hydrogens (tertiary/aromatic N) is 3. The van der Waals surface area contributed by atoms with Crippen LogP contribution in [0.4, 0.5) is 11.4 Å². The van der Waals surface area contributed by atoms with Gasteiger partial charge in [0.1, 0.15) is 0 Å². The van der Waals surface area contributed by atoms with E-state index >= 15 is 0 Å². The van der Waals surface area contributed by atoms with Gasteiger partial charge in [0.2, 0.25) is 11.8 Å². The van der Waals surface area contributed by atoms with Gasteiger partial charge in [0.15, 0.2) is 9.84 Å². The molecular weight excluding hydrogens is 426 g/mol. The lowest BCUT2D eigenvalue weighted by atomic mass is 10.1. The van der Waals surface area contributed by atoms with Crippen LogP contribution in [0.2, 0.25) is 0 Å². The summed E-state index contributed by atoms with van der Waals surface area (Å²) in [6, 6.07) is 13.2. The zero-order chi connectivity index (χ0) is 23.0. The van der Waals surface area contributed by atoms with Crippen LogP contribution in [-0.2, 0) is 25.8 Å². The van der Waals surface area contributed by atoms with Crippen LogP contribution in [0.15, 0.2) is 47.4 Å². The summed E-state index contributed by atoms with van der Waals surface area (Å²) < 4.78 is 25.7. The first kappa shape index (κ1) is 22.3. The first-order valence-electron chi connectivity index (χ1n) is 10.9. The second-order valence-corrected chi connectivity index (χ2v) is 10.8. The van der Waals surface area contributed by atoms with E-state index in [2.05, 4.69) is 36.9 Å². The van der Waals surface area contributed by atoms with Gasteiger partial charge in [0.05, 0.1) is 17.1 Å². The van der Waals surface area contributed by atoms with Gasteiger partial charge >= 0.3 is 0 Å². The van der Waals surface area contributed by atoms with Gasteiger partial charge in [-0.3, -0.25) is 9.59 Å². The third kappa shape index (κ3) is 4.37. The van der Waals surface area contributed by atoms with E-state index in [0.29, 0.717) is 18.7 Å². The highest BCUT2D eigenvalue weighted by Crippen LogP contribution is 2.30. The van der Waals surface area contributed by atoms with Crippen LogP contribution in [-0.4, -0.2) is 63.6 Å². The zero-order valence-electron chi connectivity index (χ0n) is 18.7. The third-order valence-electron chi connectivity index (χ3n) is 6.39. The third-order valence-corrected chi connectivity index (χ3v) is 8.10. The van der Waals surface area contributed by atoms with Crippen molar-refractivity contribution in [2.75, 3.05) is 42.2 Å². The summed E-state index contributed by atoms with van der Waals surface area (Å²) >= 11 is 0. The van der Waals surface area contributed by atoms with Crippen molar-refractivity contribution in [3.63, 3.8) is 0 Å². The summed E-state index contributed by atoms with van der Waals surface area (Å²) in [5, 5.41) is 0. The van der Waals surface area contributed by atoms with Gasteiger partial charge in [0.25, 0.3) is 0 Å². The van der Waals surface area contributed by atoms with Crippen LogP contribution in [0.3, 0.4) is 0 Å². The molecule has 0 unspecified atom stereocenters. The van der Waals surface area contributed by atoms with Crippen LogP contribution in [0, 0.1) is 6.92 Å². The average Bonchev–Trinajstić information content (AvgIpc) is 3.05. The molecule has 170 valence electrons. The Bertz CT molecular complexity index is 1160. The van der Waals surface area contributed by atoms with E-state index in [0.717, 1.165) is 17.9 Å². The Hall–Kier alpha value is -2.87. The van der Waals surface area contributed by atoms with Crippen LogP contribution in [0.5, 0.6) is 0 Å². The standard InChI is InChI=1S/C24H29N3O4S/c1-17-5-4-6-20(13-17)27-11-10-26(16-18(27)2)23(28)9-12-32(30,31)21-7-8-22-19(14-21)15-24(29)25(22)3/h4-8,13-14,18H,9-12,15-16H2,1-3H3/t18-/m1/s1. The van der Waals surface area contributed by atoms with Crippen molar-refractivity contribution in [3.8, 4) is 0 Å². The lowest BCUT2D eigenvalue weighted by molar-refractivity contribution is -0.131. The van der Waals surface area contributed by atoms with Crippen LogP contribution in [0.25, 0.3) is 0 Å². The fourth-order valence-electron chi connectivity index (χ4n) is 4.51. The first-order valence-corrected chi connectivity index (χ1v) is 12.5. The van der Waals surface area contributed by atoms with E-state index in [1.165, 1.54) is 16.5 Å². The Morgan fingerprint density at radius 2 is 1.91 bits per heavy atom. The Kier molecular flexibility index (Phi) is 5.99. The second kappa shape index (κ2) is 8.58. The molecule has 1 saturated heterocycles. The van der Waals surface area contributed by atoms with E-state index in [-0.39, 0.29) is 41.3 Å². The minimum Gasteiger partial charge on any atom is -0.365 e. The maximum absolute atomic E-state index is 12.8. The van der Waals surface area contributed by atoms with E-state index < -0.39 is 9.84 Å². The van der Waals surface area contributed by atoms with Crippen LogP contribution < -0.4 is 9.80 Å². The van der Waals surface area contributed by atoms with Gasteiger partial charge in [-0.15, -0.1) is 0 Å². The van der Waals surface area contributed by atoms with Gasteiger partial charge in [0, 0.05) is 50.5 Å². The molecule has 0 N–H and O–H groups in total. The lowest BCUT2D eigenvalue weighted by Gasteiger charge is -2.41. The molecule has 2 aromatic carbocycles. The maximum atomic E-state index is 12.8. The Labute approximate surface area is 189 Å². The molecule has 8 heteroatoms. The number of anilines is 2. The monoisotopic (exact) mass is 455 g/mol. The fourth-order valence-corrected chi connectivity index (χ4v) is 5.79. The molecule has 2 amide bonds. The predicted octanol–water partition coefficient (Wildman–Crippen LogP) is 2.42. The summed E-state index contributed by atoms with van der Waals surface area (Å²) in [6.07, 6.45) is 0.159. The molecule has 32 heavy (non-hydrogen) atoms. The summed E-state index contributed by atoms with van der Waals surface area (Å²) in [7, 11) is -1.93. The highest BCUT2D eigenvalue weighted by molar-refractivity contribution is 7.91. The molecule has 7 nitrogen and oxygen atoms in total. The van der Waals surface area contributed by atoms with Gasteiger partial charge < -0.3 is 14.7 Å². The van der Waals surface area contributed by atoms with Crippen LogP contribution >= 0.6 is 0 Å². The summed E-state index contributed by atoms with van der Waals surface area (Å²) in [4.78, 5) is 30.4. The van der Waals surface area contributed by atoms with Crippen molar-refractivity contribution in [2.45, 2.75) is 37.6 Å². The molecule has 1 atom stereocenters. The predicted molar refractivity (Wildman–Crippen MR) is 125 cm³/mol. The molecule has 4 rings (SSSR count). The highest BCUT2D eigenvalue weighted by Gasteiger charge is 2.29. The smallest absolute Gasteiger partial charge is 0.231 e. The minimum atomic E-state index is -3.61. The number of sulfone groups is 1. The number of aryl methyl sites for hydroxylation is 1. The number of hydrogen-bond donors (Lipinski definition) is 0. The van der Waals surface area contributed by atoms with Crippen molar-refractivity contribution in [1.82, 2.24) is 4.90 Å². The Morgan fingerprint density at radius 3 is 2.62 bits per heavy atom. The molecule has 0 bridgehead atoms. The molecule has 0 aliphatic carbocycles. The van der Waals surface area contributed by atoms with Crippen molar-refractivity contribution in [3.05, 3.63) is 53.6 Å². The zero-order valence-corrected chi connectivity index (χ0v) is 19.6. The quantitative estimate of drug-likeness (QED) is 0.692. The number of rotatable bonds is 5. The van der Waals surface area contributed by atoms with Crippen LogP contribution in [0.1, 0.15) is 24.5 Å². The number of carbonyl (C=O) groups excluding carboxylic acids is 2. The summed E-state index contributed by atoms with van der Waals surface area (Å²) in [5.74, 6) is -0.426. The van der Waals surface area contributed by atoms with Gasteiger partial charge in [-0.1, -0.05) is 12.1 Å². The molecule has 0 aromatic heterocycles. The van der Waals surface area contributed by atoms with Crippen molar-refractivity contribution < 1.29 is 18.0 Å². The molecule has 0 radical (unpaired) electrons. The minimum absolute atomic E-state index is 0.0462. The first-order chi connectivity index (χ1) is 15.2. The van der Waals surface area contributed by atoms with Crippen molar-refractivity contribution in [1.29, 1.82) is 0 Å². The number of benzene rings is 2. The number of piperazine rings is 1. The Balaban J connectivity index is 1.37. The second-order valence-electron chi connectivity index (χ2n) is 8.71. The van der Waals surface area contributed by atoms with E-state index in [9.17, 15) is 18.0 Å². The number of likely N-dealkylation sites (N-methyl/N-ethyl adjacent to an activating group) is 1. The summed E-state index contributed by atoms with van der Waals surface area (Å²) in [6.45, 7) is 6.01. The van der Waals surface area contributed by atoms with Crippen molar-refractivity contribution in [2.24, 2.45) is 0 Å². The largest absolute Gasteiger partial charge is 0.365 e. The highest BCUT2D eigenvalue weighted by atomic mass is 32.2. The molecule has 2 heterocycles.